The van der Waals surface area contributed by atoms with Gasteiger partial charge >= 0.3 is 0 Å². The van der Waals surface area contributed by atoms with Gasteiger partial charge in [-0.3, -0.25) is 4.98 Å². The molecule has 1 heterocycles. The molecule has 1 aliphatic carbocycles. The normalized spacial score (nSPS) is 27.6. The van der Waals surface area contributed by atoms with Crippen molar-refractivity contribution < 1.29 is 5.11 Å². The molecular weight excluding hydrogens is 236 g/mol. The molecule has 1 aromatic heterocycles. The standard InChI is InChI=1S/C16H20N2O/c1-11-4-5-12-9-13(6-7-15(12)18-11)16(19)8-2-3-14(17)10-16/h4-7,9,14,19H,2-3,8,10,17H2,1H3. The van der Waals surface area contributed by atoms with Crippen molar-refractivity contribution in [2.45, 2.75) is 44.2 Å². The number of aryl methyl sites for hydroxylation is 1. The fourth-order valence-corrected chi connectivity index (χ4v) is 3.07. The first-order chi connectivity index (χ1) is 9.07. The first kappa shape index (κ1) is 12.6. The Balaban J connectivity index is 2.03. The van der Waals surface area contributed by atoms with Crippen LogP contribution in [-0.4, -0.2) is 16.1 Å². The van der Waals surface area contributed by atoms with Crippen LogP contribution in [0.3, 0.4) is 0 Å². The molecule has 0 amide bonds. The molecule has 0 saturated heterocycles. The minimum Gasteiger partial charge on any atom is -0.385 e. The van der Waals surface area contributed by atoms with Crippen LogP contribution in [0, 0.1) is 6.92 Å². The van der Waals surface area contributed by atoms with E-state index < -0.39 is 5.60 Å². The van der Waals surface area contributed by atoms with E-state index in [0.717, 1.165) is 41.4 Å². The van der Waals surface area contributed by atoms with E-state index in [2.05, 4.69) is 17.1 Å². The van der Waals surface area contributed by atoms with E-state index in [1.807, 2.05) is 25.1 Å². The zero-order valence-electron chi connectivity index (χ0n) is 11.3. The summed E-state index contributed by atoms with van der Waals surface area (Å²) in [6.07, 6.45) is 3.45. The van der Waals surface area contributed by atoms with Crippen molar-refractivity contribution in [3.63, 3.8) is 0 Å². The maximum absolute atomic E-state index is 10.8. The highest BCUT2D eigenvalue weighted by molar-refractivity contribution is 5.79. The van der Waals surface area contributed by atoms with Crippen molar-refractivity contribution in [2.24, 2.45) is 5.73 Å². The Morgan fingerprint density at radius 1 is 1.32 bits per heavy atom. The van der Waals surface area contributed by atoms with Crippen LogP contribution in [0.4, 0.5) is 0 Å². The van der Waals surface area contributed by atoms with E-state index >= 15 is 0 Å². The van der Waals surface area contributed by atoms with Crippen LogP contribution in [-0.2, 0) is 5.60 Å². The van der Waals surface area contributed by atoms with Crippen LogP contribution in [0.1, 0.15) is 36.9 Å². The van der Waals surface area contributed by atoms with Gasteiger partial charge < -0.3 is 10.8 Å². The number of rotatable bonds is 1. The lowest BCUT2D eigenvalue weighted by Crippen LogP contribution is -2.39. The third-order valence-corrected chi connectivity index (χ3v) is 4.13. The van der Waals surface area contributed by atoms with Crippen LogP contribution in [0.25, 0.3) is 10.9 Å². The molecule has 2 aromatic rings. The largest absolute Gasteiger partial charge is 0.385 e. The second kappa shape index (κ2) is 4.58. The Kier molecular flexibility index (Phi) is 3.03. The molecule has 19 heavy (non-hydrogen) atoms. The lowest BCUT2D eigenvalue weighted by molar-refractivity contribution is -0.00705. The number of hydrogen-bond donors (Lipinski definition) is 2. The predicted molar refractivity (Wildman–Crippen MR) is 76.8 cm³/mol. The summed E-state index contributed by atoms with van der Waals surface area (Å²) in [5, 5.41) is 11.9. The minimum absolute atomic E-state index is 0.102. The summed E-state index contributed by atoms with van der Waals surface area (Å²) < 4.78 is 0. The second-order valence-electron chi connectivity index (χ2n) is 5.75. The molecule has 1 saturated carbocycles. The molecule has 100 valence electrons. The van der Waals surface area contributed by atoms with E-state index in [-0.39, 0.29) is 6.04 Å². The maximum Gasteiger partial charge on any atom is 0.0911 e. The molecule has 3 nitrogen and oxygen atoms in total. The van der Waals surface area contributed by atoms with Gasteiger partial charge in [-0.05, 0) is 56.4 Å². The summed E-state index contributed by atoms with van der Waals surface area (Å²) in [5.41, 5.74) is 8.21. The van der Waals surface area contributed by atoms with Gasteiger partial charge in [0.2, 0.25) is 0 Å². The number of nitrogens with two attached hydrogens (primary N) is 1. The third-order valence-electron chi connectivity index (χ3n) is 4.13. The highest BCUT2D eigenvalue weighted by atomic mass is 16.3. The van der Waals surface area contributed by atoms with Gasteiger partial charge in [0.05, 0.1) is 11.1 Å². The predicted octanol–water partition coefficient (Wildman–Crippen LogP) is 2.63. The first-order valence-electron chi connectivity index (χ1n) is 6.93. The summed E-state index contributed by atoms with van der Waals surface area (Å²) in [6, 6.07) is 10.2. The summed E-state index contributed by atoms with van der Waals surface area (Å²) >= 11 is 0. The molecule has 1 aliphatic rings. The number of aliphatic hydroxyl groups is 1. The summed E-state index contributed by atoms with van der Waals surface area (Å²) in [4.78, 5) is 4.49. The molecule has 1 aromatic carbocycles. The molecule has 1 fully saturated rings. The number of pyridine rings is 1. The van der Waals surface area contributed by atoms with E-state index in [9.17, 15) is 5.11 Å². The number of nitrogens with zero attached hydrogens (tertiary/aromatic N) is 1. The van der Waals surface area contributed by atoms with Crippen molar-refractivity contribution in [1.29, 1.82) is 0 Å². The second-order valence-corrected chi connectivity index (χ2v) is 5.75. The van der Waals surface area contributed by atoms with Crippen molar-refractivity contribution in [3.8, 4) is 0 Å². The highest BCUT2D eigenvalue weighted by Crippen LogP contribution is 2.37. The molecule has 0 bridgehead atoms. The van der Waals surface area contributed by atoms with Crippen LogP contribution in [0.2, 0.25) is 0 Å². The van der Waals surface area contributed by atoms with Gasteiger partial charge in [0, 0.05) is 17.1 Å². The number of benzene rings is 1. The van der Waals surface area contributed by atoms with E-state index in [1.165, 1.54) is 0 Å². The van der Waals surface area contributed by atoms with Crippen molar-refractivity contribution in [3.05, 3.63) is 41.6 Å². The van der Waals surface area contributed by atoms with Crippen LogP contribution < -0.4 is 5.73 Å². The van der Waals surface area contributed by atoms with Crippen LogP contribution >= 0.6 is 0 Å². The molecule has 3 heteroatoms. The Labute approximate surface area is 113 Å². The van der Waals surface area contributed by atoms with Crippen molar-refractivity contribution in [1.82, 2.24) is 4.98 Å². The average molecular weight is 256 g/mol. The molecule has 2 unspecified atom stereocenters. The van der Waals surface area contributed by atoms with Gasteiger partial charge in [0.25, 0.3) is 0 Å². The zero-order chi connectivity index (χ0) is 13.5. The van der Waals surface area contributed by atoms with E-state index in [4.69, 9.17) is 5.73 Å². The molecular formula is C16H20N2O. The third kappa shape index (κ3) is 2.36. The fraction of sp³-hybridized carbons (Fsp3) is 0.438. The zero-order valence-corrected chi connectivity index (χ0v) is 11.3. The van der Waals surface area contributed by atoms with Gasteiger partial charge in [0.15, 0.2) is 0 Å². The Bertz CT molecular complexity index is 611. The SMILES string of the molecule is Cc1ccc2cc(C3(O)CCCC(N)C3)ccc2n1. The number of aromatic nitrogens is 1. The summed E-state index contributed by atoms with van der Waals surface area (Å²) in [5.74, 6) is 0. The van der Waals surface area contributed by atoms with Crippen LogP contribution in [0.15, 0.2) is 30.3 Å². The number of fused-ring (bicyclic) bond motifs is 1. The highest BCUT2D eigenvalue weighted by Gasteiger charge is 2.34. The van der Waals surface area contributed by atoms with Gasteiger partial charge in [0.1, 0.15) is 0 Å². The number of hydrogen-bond acceptors (Lipinski definition) is 3. The Morgan fingerprint density at radius 3 is 2.95 bits per heavy atom. The molecule has 0 aliphatic heterocycles. The van der Waals surface area contributed by atoms with Crippen molar-refractivity contribution >= 4 is 10.9 Å². The quantitative estimate of drug-likeness (QED) is 0.824. The van der Waals surface area contributed by atoms with Gasteiger partial charge in [-0.2, -0.15) is 0 Å². The molecule has 3 N–H and O–H groups in total. The Morgan fingerprint density at radius 2 is 2.16 bits per heavy atom. The lowest BCUT2D eigenvalue weighted by Gasteiger charge is -2.36. The van der Waals surface area contributed by atoms with Gasteiger partial charge in [-0.1, -0.05) is 12.1 Å². The molecule has 0 spiro atoms. The maximum atomic E-state index is 10.8. The Hall–Kier alpha value is -1.45. The molecule has 0 radical (unpaired) electrons. The van der Waals surface area contributed by atoms with Gasteiger partial charge in [-0.25, -0.2) is 0 Å². The summed E-state index contributed by atoms with van der Waals surface area (Å²) in [7, 11) is 0. The van der Waals surface area contributed by atoms with E-state index in [1.54, 1.807) is 0 Å². The topological polar surface area (TPSA) is 59.1 Å². The van der Waals surface area contributed by atoms with Gasteiger partial charge in [-0.15, -0.1) is 0 Å². The minimum atomic E-state index is -0.767. The monoisotopic (exact) mass is 256 g/mol. The van der Waals surface area contributed by atoms with E-state index in [0.29, 0.717) is 6.42 Å². The molecule has 3 rings (SSSR count). The lowest BCUT2D eigenvalue weighted by atomic mass is 9.77. The fourth-order valence-electron chi connectivity index (χ4n) is 3.07. The van der Waals surface area contributed by atoms with Crippen LogP contribution in [0.5, 0.6) is 0 Å². The van der Waals surface area contributed by atoms with Crippen molar-refractivity contribution in [2.75, 3.05) is 0 Å². The smallest absolute Gasteiger partial charge is 0.0911 e. The summed E-state index contributed by atoms with van der Waals surface area (Å²) in [6.45, 7) is 1.99. The first-order valence-corrected chi connectivity index (χ1v) is 6.93. The molecule has 2 atom stereocenters. The average Bonchev–Trinajstić information content (AvgIpc) is 2.37.